The molecule has 0 radical (unpaired) electrons. The molecule has 0 spiro atoms. The molecule has 0 aliphatic carbocycles. The van der Waals surface area contributed by atoms with Gasteiger partial charge >= 0.3 is 0 Å². The number of nitrogens with one attached hydrogen (secondary N) is 8. The lowest BCUT2D eigenvalue weighted by molar-refractivity contribution is 0.101. The van der Waals surface area contributed by atoms with E-state index in [1.807, 2.05) is 107 Å². The topological polar surface area (TPSA) is 365 Å². The van der Waals surface area contributed by atoms with E-state index in [0.29, 0.717) is 73.6 Å². The molecule has 720 valence electrons. The Labute approximate surface area is 869 Å². The minimum Gasteiger partial charge on any atom is -0.324 e. The number of hydrogen-bond acceptors (Lipinski definition) is 22. The Morgan fingerprint density at radius 1 is 0.290 bits per heavy atom. The van der Waals surface area contributed by atoms with Crippen molar-refractivity contribution in [2.45, 2.75) is 90.3 Å². The number of rotatable bonds is 24. The Bertz CT molecular complexity index is 8940. The van der Waals surface area contributed by atoms with E-state index in [1.165, 1.54) is 43.1 Å². The molecule has 0 atom stereocenters. The first-order valence-electron chi connectivity index (χ1n) is 55.1. The summed E-state index contributed by atoms with van der Waals surface area (Å²) in [5.41, 5.74) is 13.0. The Hall–Kier alpha value is -19.3. The maximum absolute atomic E-state index is 13.5. The first-order chi connectivity index (χ1) is 78.5. The van der Waals surface area contributed by atoms with Crippen LogP contribution >= 0.6 is 0 Å². The molecule has 30 heteroatoms. The van der Waals surface area contributed by atoms with Gasteiger partial charge in [0.25, 0.3) is 23.6 Å². The molecule has 30 nitrogen and oxygen atoms in total. The molecule has 8 aromatic carbocycles. The second kappa shape index (κ2) is 45.6. The lowest BCUT2D eigenvalue weighted by Crippen LogP contribution is -2.13. The fraction of sp³-hybridized carbons (Fsp3) is 0.113. The van der Waals surface area contributed by atoms with Crippen LogP contribution in [-0.2, 0) is 0 Å². The van der Waals surface area contributed by atoms with Gasteiger partial charge in [-0.05, 0) is 345 Å². The highest BCUT2D eigenvalue weighted by molar-refractivity contribution is 6.08. The van der Waals surface area contributed by atoms with Crippen LogP contribution in [0.5, 0.6) is 0 Å². The molecule has 0 aliphatic rings. The summed E-state index contributed by atoms with van der Waals surface area (Å²) in [6, 6.07) is 40.5. The summed E-state index contributed by atoms with van der Waals surface area (Å²) in [5.74, 6) is -2.45. The number of carbonyl (C=O) groups is 4. The van der Waals surface area contributed by atoms with Gasteiger partial charge in [0.1, 0.15) is 0 Å². The molecule has 0 fully saturated rings. The molecule has 0 saturated heterocycles. The van der Waals surface area contributed by atoms with Gasteiger partial charge in [0.05, 0.1) is 63.3 Å². The molecule has 4 amide bonds. The number of imidazole rings is 2. The number of anilines is 12. The fourth-order valence-corrected chi connectivity index (χ4v) is 14.4. The fourth-order valence-electron chi connectivity index (χ4n) is 14.4. The second-order valence-corrected chi connectivity index (χ2v) is 32.7. The van der Waals surface area contributed by atoms with Crippen molar-refractivity contribution in [2.75, 3.05) is 42.5 Å². The van der Waals surface area contributed by atoms with E-state index in [1.54, 1.807) is 212 Å². The van der Waals surface area contributed by atoms with Crippen LogP contribution in [0.15, 0.2) is 354 Å². The monoisotopic (exact) mass is 1940 g/mol. The lowest BCUT2D eigenvalue weighted by Gasteiger charge is -2.13. The third-order valence-corrected chi connectivity index (χ3v) is 21.3. The number of nitrogens with zero attached hydrogens (tertiary/aromatic N) is 18. The minimum atomic E-state index is -2.88. The third kappa shape index (κ3) is 26.0. The van der Waals surface area contributed by atoms with E-state index in [-0.39, 0.29) is 112 Å². The van der Waals surface area contributed by atoms with Gasteiger partial charge in [0.2, 0.25) is 23.8 Å². The maximum atomic E-state index is 13.5. The maximum Gasteiger partial charge on any atom is 0.255 e. The lowest BCUT2D eigenvalue weighted by atomic mass is 10.1. The first kappa shape index (κ1) is 74.8. The molecule has 12 heterocycles. The number of carbonyl (C=O) groups excluding carboxylic acids is 4. The summed E-state index contributed by atoms with van der Waals surface area (Å²) in [6.07, 6.45) is 33.2. The summed E-state index contributed by atoms with van der Waals surface area (Å²) in [4.78, 5) is 113. The zero-order valence-electron chi connectivity index (χ0n) is 99.7. The van der Waals surface area contributed by atoms with Crippen molar-refractivity contribution in [3.63, 3.8) is 0 Å². The van der Waals surface area contributed by atoms with Gasteiger partial charge in [-0.3, -0.25) is 39.1 Å². The summed E-state index contributed by atoms with van der Waals surface area (Å²) >= 11 is 0. The molecule has 0 saturated carbocycles. The van der Waals surface area contributed by atoms with Crippen molar-refractivity contribution >= 4 is 92.9 Å². The Morgan fingerprint density at radius 3 is 1.01 bits per heavy atom. The van der Waals surface area contributed by atoms with Crippen LogP contribution in [0.25, 0.3) is 67.8 Å². The molecule has 145 heavy (non-hydrogen) atoms. The summed E-state index contributed by atoms with van der Waals surface area (Å²) in [6.45, 7) is 8.08. The van der Waals surface area contributed by atoms with Gasteiger partial charge in [0.15, 0.2) is 0 Å². The van der Waals surface area contributed by atoms with Crippen molar-refractivity contribution < 1.29 is 48.0 Å². The van der Waals surface area contributed by atoms with Crippen molar-refractivity contribution in [1.29, 1.82) is 0 Å². The average Bonchev–Trinajstić information content (AvgIpc) is 0.791. The number of amides is 4. The highest BCUT2D eigenvalue weighted by Gasteiger charge is 2.20. The molecule has 0 bridgehead atoms. The molecule has 20 aromatic rings. The second-order valence-electron chi connectivity index (χ2n) is 32.7. The van der Waals surface area contributed by atoms with Crippen LogP contribution in [0.4, 0.5) is 69.3 Å². The molecule has 0 aliphatic heterocycles. The van der Waals surface area contributed by atoms with E-state index in [2.05, 4.69) is 112 Å². The van der Waals surface area contributed by atoms with Crippen LogP contribution in [-0.4, -0.2) is 112 Å². The smallest absolute Gasteiger partial charge is 0.255 e. The summed E-state index contributed by atoms with van der Waals surface area (Å²) in [7, 11) is 0. The van der Waals surface area contributed by atoms with Gasteiger partial charge in [0, 0.05) is 237 Å². The molecule has 8 N–H and O–H groups in total. The largest absolute Gasteiger partial charge is 0.324 e. The molecule has 12 aromatic heterocycles. The molecular weight excluding hydrogens is 1810 g/mol. The van der Waals surface area contributed by atoms with E-state index < -0.39 is 103 Å². The molecular formula is C115H106N26O4. The van der Waals surface area contributed by atoms with Crippen molar-refractivity contribution in [3.05, 3.63) is 444 Å². The number of benzene rings is 8. The first-order valence-corrected chi connectivity index (χ1v) is 44.6. The number of aryl methyl sites for hydroxylation is 8. The normalized spacial score (nSPS) is 13.0. The number of aromatic nitrogens is 18. The average molecular weight is 1940 g/mol. The van der Waals surface area contributed by atoms with Crippen LogP contribution in [0.3, 0.4) is 0 Å². The quantitative estimate of drug-likeness (QED) is 0.0278. The van der Waals surface area contributed by atoms with Gasteiger partial charge in [-0.1, -0.05) is 31.6 Å². The van der Waals surface area contributed by atoms with Crippen LogP contribution < -0.4 is 42.5 Å². The Balaban J connectivity index is 0.000000155. The minimum absolute atomic E-state index is 0. The summed E-state index contributed by atoms with van der Waals surface area (Å²) in [5, 5.41) is 22.4. The van der Waals surface area contributed by atoms with Crippen LogP contribution in [0.1, 0.15) is 145 Å². The van der Waals surface area contributed by atoms with Gasteiger partial charge < -0.3 is 60.8 Å². The van der Waals surface area contributed by atoms with Gasteiger partial charge in [-0.25, -0.2) is 49.8 Å². The molecule has 0 unspecified atom stereocenters. The van der Waals surface area contributed by atoms with Gasteiger partial charge in [-0.2, -0.15) is 0 Å². The van der Waals surface area contributed by atoms with E-state index in [4.69, 9.17) is 28.8 Å². The third-order valence-electron chi connectivity index (χ3n) is 21.3. The summed E-state index contributed by atoms with van der Waals surface area (Å²) < 4.78 is 182. The predicted molar refractivity (Wildman–Crippen MR) is 574 cm³/mol. The van der Waals surface area contributed by atoms with E-state index >= 15 is 0 Å². The Morgan fingerprint density at radius 2 is 0.641 bits per heavy atom. The van der Waals surface area contributed by atoms with Crippen molar-refractivity contribution in [1.82, 2.24) is 88.0 Å². The zero-order chi connectivity index (χ0) is 118. The van der Waals surface area contributed by atoms with Crippen molar-refractivity contribution in [2.24, 2.45) is 0 Å². The number of pyridine rings is 4. The van der Waals surface area contributed by atoms with Crippen molar-refractivity contribution in [3.8, 4) is 67.8 Å². The van der Waals surface area contributed by atoms with E-state index in [9.17, 15) is 19.2 Å². The van der Waals surface area contributed by atoms with Gasteiger partial charge in [-0.15, -0.1) is 0 Å². The van der Waals surface area contributed by atoms with Crippen LogP contribution in [0, 0.1) is 82.9 Å². The predicted octanol–water partition coefficient (Wildman–Crippen LogP) is 24.4. The highest BCUT2D eigenvalue weighted by atomic mass is 16.2. The van der Waals surface area contributed by atoms with Crippen LogP contribution in [0.2, 0.25) is 0 Å². The zero-order valence-corrected chi connectivity index (χ0v) is 78.7. The standard InChI is InChI=1S/2C29H26N6O.2C28H25N7O.CH4/c2*1-19-9-12-35(18-19)25-14-20(2)13-24(16-25)32-28(36)22-7-6-21(3)27(15-22)34-29-31-11-8-26(33-29)23-5-4-10-30-17-23;2*1-18-11-23(14-24(12-18)35-16-20(3)31-17-35)32-27(36)21-7-6-19(2)26(13-21)34-28-30-10-8-25(33-28)22-5-4-9-29-15-22;/h2*4-18H,1-3H3,(H,32,36)(H,31,33,34);2*4-17H,1-3H3,(H,32,36)(H,30,33,34);1H4/i3D3,13D,14D,16D;3D3,6D,7D,15D;2D3,6D,7D,13D;11D,12D,14D;. The Kier molecular flexibility index (Phi) is 23.5. The SMILES string of the molecule is C.[2H]c1c(C)c([2H])c(-n2ccc(C)c2)c([2H])c1NC(=O)c1ccc(C([2H])([2H])[2H])c(Nc2nccc(-c3cccnc3)n2)c1.[2H]c1c(C)c([2H])c(-n2cnc(C)c2)c([2H])c1NC(=O)c1ccc(C)c(Nc2nccc(-c3cccnc3)n2)c1.[2H]c1c([2H])c(C([2H])([2H])[2H])c(Nc2nccc(-c3cccnc3)n2)c([2H])c1C(=O)Nc1cc(C)cc(-n2ccc(C)c2)c1.[2H]c1c([2H])c(C([2H])([2H])[2H])c(Nc2nccc(-c3cccnc3)n2)c([2H])c1C(=O)Nc1cc(C)cc(-n2cnc(C)c2)c1. The molecule has 20 rings (SSSR count). The number of hydrogen-bond donors (Lipinski definition) is 8. The highest BCUT2D eigenvalue weighted by Crippen LogP contribution is 2.33. The van der Waals surface area contributed by atoms with E-state index in [0.717, 1.165) is 61.7 Å².